The summed E-state index contributed by atoms with van der Waals surface area (Å²) < 4.78 is 37.9. The summed E-state index contributed by atoms with van der Waals surface area (Å²) >= 11 is 6.11. The zero-order chi connectivity index (χ0) is 20.9. The Hall–Kier alpha value is -3.03. The Balaban J connectivity index is 1.92. The van der Waals surface area contributed by atoms with Crippen molar-refractivity contribution in [3.05, 3.63) is 95.9 Å². The van der Waals surface area contributed by atoms with Crippen molar-refractivity contribution >= 4 is 33.3 Å². The van der Waals surface area contributed by atoms with Gasteiger partial charge in [-0.05, 0) is 42.5 Å². The molecule has 1 heterocycles. The molecule has 0 amide bonds. The van der Waals surface area contributed by atoms with Crippen LogP contribution < -0.4 is 4.31 Å². The molecule has 0 unspecified atom stereocenters. The maximum Gasteiger partial charge on any atom is 0.340 e. The van der Waals surface area contributed by atoms with Gasteiger partial charge in [0.05, 0.1) is 34.0 Å². The summed E-state index contributed by atoms with van der Waals surface area (Å²) in [6, 6.07) is 15.9. The van der Waals surface area contributed by atoms with Gasteiger partial charge in [0.2, 0.25) is 0 Å². The Labute approximate surface area is 174 Å². The Morgan fingerprint density at radius 3 is 2.55 bits per heavy atom. The van der Waals surface area contributed by atoms with Gasteiger partial charge in [0.25, 0.3) is 10.0 Å². The molecule has 0 spiro atoms. The number of nitrogens with zero attached hydrogens (tertiary/aromatic N) is 1. The molecule has 0 aliphatic carbocycles. The first-order chi connectivity index (χ1) is 13.9. The highest BCUT2D eigenvalue weighted by Gasteiger charge is 2.26. The summed E-state index contributed by atoms with van der Waals surface area (Å²) in [6.07, 6.45) is 2.94. The number of hydrogen-bond donors (Lipinski definition) is 0. The van der Waals surface area contributed by atoms with E-state index in [4.69, 9.17) is 20.8 Å². The fourth-order valence-corrected chi connectivity index (χ4v) is 4.27. The van der Waals surface area contributed by atoms with Crippen LogP contribution in [0.3, 0.4) is 0 Å². The third-order valence-corrected chi connectivity index (χ3v) is 6.13. The Morgan fingerprint density at radius 2 is 1.90 bits per heavy atom. The molecule has 3 rings (SSSR count). The van der Waals surface area contributed by atoms with Gasteiger partial charge in [-0.2, -0.15) is 0 Å². The predicted molar refractivity (Wildman–Crippen MR) is 110 cm³/mol. The van der Waals surface area contributed by atoms with Crippen molar-refractivity contribution in [3.63, 3.8) is 0 Å². The van der Waals surface area contributed by atoms with E-state index in [-0.39, 0.29) is 28.6 Å². The lowest BCUT2D eigenvalue weighted by atomic mass is 10.2. The van der Waals surface area contributed by atoms with E-state index in [2.05, 4.69) is 6.58 Å². The van der Waals surface area contributed by atoms with Crippen molar-refractivity contribution in [1.29, 1.82) is 0 Å². The Morgan fingerprint density at radius 1 is 1.14 bits per heavy atom. The molecule has 6 nitrogen and oxygen atoms in total. The lowest BCUT2D eigenvalue weighted by molar-refractivity contribution is 0.0445. The highest BCUT2D eigenvalue weighted by Crippen LogP contribution is 2.27. The van der Waals surface area contributed by atoms with Crippen LogP contribution in [0.25, 0.3) is 0 Å². The number of rotatable bonds is 8. The summed E-state index contributed by atoms with van der Waals surface area (Å²) in [6.45, 7) is 3.60. The Bertz CT molecular complexity index is 1100. The SMILES string of the molecule is C=CCN(c1ccccc1)S(=O)(=O)c1ccc(Cl)c(C(=O)OCc2ccco2)c1. The highest BCUT2D eigenvalue weighted by atomic mass is 35.5. The van der Waals surface area contributed by atoms with Crippen LogP contribution in [-0.2, 0) is 21.4 Å². The smallest absolute Gasteiger partial charge is 0.340 e. The minimum atomic E-state index is -3.97. The quantitative estimate of drug-likeness (QED) is 0.382. The number of furan rings is 1. The number of esters is 1. The van der Waals surface area contributed by atoms with Gasteiger partial charge in [0, 0.05) is 0 Å². The molecule has 0 bridgehead atoms. The molecule has 0 aliphatic heterocycles. The second kappa shape index (κ2) is 8.98. The zero-order valence-corrected chi connectivity index (χ0v) is 16.9. The van der Waals surface area contributed by atoms with Crippen LogP contribution in [0, 0.1) is 0 Å². The predicted octanol–water partition coefficient (Wildman–Crippen LogP) is 4.67. The van der Waals surface area contributed by atoms with Crippen LogP contribution in [0.2, 0.25) is 5.02 Å². The van der Waals surface area contributed by atoms with Crippen LogP contribution in [0.1, 0.15) is 16.1 Å². The summed E-state index contributed by atoms with van der Waals surface area (Å²) in [4.78, 5) is 12.3. The van der Waals surface area contributed by atoms with E-state index >= 15 is 0 Å². The van der Waals surface area contributed by atoms with Crippen molar-refractivity contribution in [3.8, 4) is 0 Å². The van der Waals surface area contributed by atoms with Crippen molar-refractivity contribution in [1.82, 2.24) is 0 Å². The topological polar surface area (TPSA) is 76.8 Å². The first-order valence-corrected chi connectivity index (χ1v) is 10.4. The van der Waals surface area contributed by atoms with E-state index in [9.17, 15) is 13.2 Å². The van der Waals surface area contributed by atoms with Gasteiger partial charge >= 0.3 is 5.97 Å². The van der Waals surface area contributed by atoms with Gasteiger partial charge in [-0.15, -0.1) is 6.58 Å². The lowest BCUT2D eigenvalue weighted by Gasteiger charge is -2.23. The minimum Gasteiger partial charge on any atom is -0.466 e. The number of carbonyl (C=O) groups is 1. The fraction of sp³-hybridized carbons (Fsp3) is 0.0952. The number of sulfonamides is 1. The molecule has 0 atom stereocenters. The summed E-state index contributed by atoms with van der Waals surface area (Å²) in [7, 11) is -3.97. The molecule has 0 saturated heterocycles. The normalized spacial score (nSPS) is 11.1. The molecule has 1 aromatic heterocycles. The summed E-state index contributed by atoms with van der Waals surface area (Å²) in [5, 5.41) is 0.0865. The number of para-hydroxylation sites is 1. The molecule has 0 radical (unpaired) electrons. The van der Waals surface area contributed by atoms with E-state index in [0.717, 1.165) is 0 Å². The van der Waals surface area contributed by atoms with Crippen molar-refractivity contribution in [2.24, 2.45) is 0 Å². The van der Waals surface area contributed by atoms with Gasteiger partial charge in [-0.1, -0.05) is 35.9 Å². The van der Waals surface area contributed by atoms with Crippen LogP contribution in [0.5, 0.6) is 0 Å². The van der Waals surface area contributed by atoms with E-state index in [1.807, 2.05) is 0 Å². The van der Waals surface area contributed by atoms with E-state index in [0.29, 0.717) is 11.4 Å². The first-order valence-electron chi connectivity index (χ1n) is 8.61. The molecule has 0 aliphatic rings. The average molecular weight is 432 g/mol. The molecule has 0 fully saturated rings. The van der Waals surface area contributed by atoms with Gasteiger partial charge in [-0.3, -0.25) is 4.31 Å². The first kappa shape index (κ1) is 20.7. The molecule has 0 N–H and O–H groups in total. The minimum absolute atomic E-state index is 0.0501. The number of anilines is 1. The molecule has 2 aromatic carbocycles. The highest BCUT2D eigenvalue weighted by molar-refractivity contribution is 7.92. The monoisotopic (exact) mass is 431 g/mol. The van der Waals surface area contributed by atoms with Gasteiger partial charge in [-0.25, -0.2) is 13.2 Å². The summed E-state index contributed by atoms with van der Waals surface area (Å²) in [5.74, 6) is -0.294. The van der Waals surface area contributed by atoms with Crippen LogP contribution in [-0.4, -0.2) is 20.9 Å². The maximum absolute atomic E-state index is 13.2. The zero-order valence-electron chi connectivity index (χ0n) is 15.3. The number of hydrogen-bond acceptors (Lipinski definition) is 5. The molecular weight excluding hydrogens is 414 g/mol. The molecular formula is C21H18ClNO5S. The average Bonchev–Trinajstić information content (AvgIpc) is 3.24. The van der Waals surface area contributed by atoms with Gasteiger partial charge in [0.15, 0.2) is 0 Å². The van der Waals surface area contributed by atoms with Gasteiger partial charge < -0.3 is 9.15 Å². The standard InChI is InChI=1S/C21H18ClNO5S/c1-2-12-23(16-7-4-3-5-8-16)29(25,26)18-10-11-20(22)19(14-18)21(24)28-15-17-9-6-13-27-17/h2-11,13-14H,1,12,15H2. The number of ether oxygens (including phenoxy) is 1. The number of halogens is 1. The van der Waals surface area contributed by atoms with E-state index in [1.54, 1.807) is 42.5 Å². The maximum atomic E-state index is 13.2. The molecule has 150 valence electrons. The van der Waals surface area contributed by atoms with Crippen LogP contribution in [0.4, 0.5) is 5.69 Å². The van der Waals surface area contributed by atoms with Crippen LogP contribution >= 0.6 is 11.6 Å². The lowest BCUT2D eigenvalue weighted by Crippen LogP contribution is -2.31. The Kier molecular flexibility index (Phi) is 6.41. The second-order valence-corrected chi connectivity index (χ2v) is 8.23. The van der Waals surface area contributed by atoms with Crippen molar-refractivity contribution in [2.45, 2.75) is 11.5 Å². The van der Waals surface area contributed by atoms with E-state index in [1.165, 1.54) is 34.8 Å². The number of carbonyl (C=O) groups excluding carboxylic acids is 1. The van der Waals surface area contributed by atoms with Gasteiger partial charge in [0.1, 0.15) is 12.4 Å². The molecule has 3 aromatic rings. The molecule has 0 saturated carbocycles. The largest absolute Gasteiger partial charge is 0.466 e. The third kappa shape index (κ3) is 4.70. The van der Waals surface area contributed by atoms with E-state index < -0.39 is 16.0 Å². The van der Waals surface area contributed by atoms with Crippen molar-refractivity contribution < 1.29 is 22.4 Å². The third-order valence-electron chi connectivity index (χ3n) is 4.01. The molecule has 29 heavy (non-hydrogen) atoms. The summed E-state index contributed by atoms with van der Waals surface area (Å²) in [5.41, 5.74) is 0.426. The number of benzene rings is 2. The van der Waals surface area contributed by atoms with Crippen LogP contribution in [0.15, 0.2) is 88.9 Å². The fourth-order valence-electron chi connectivity index (χ4n) is 2.61. The molecule has 8 heteroatoms. The second-order valence-electron chi connectivity index (χ2n) is 5.96. The van der Waals surface area contributed by atoms with Crippen molar-refractivity contribution in [2.75, 3.05) is 10.8 Å².